The standard InChI is InChI=1S/C19H20N2/c1-13-8-10-16(14(2)12-13)19(20-3)18-11-9-15-6-4-5-7-17(15)21-18/h4-12,19-20H,1-3H3. The quantitative estimate of drug-likeness (QED) is 0.777. The molecule has 106 valence electrons. The van der Waals surface area contributed by atoms with Gasteiger partial charge in [0, 0.05) is 5.39 Å². The van der Waals surface area contributed by atoms with Gasteiger partial charge in [-0.2, -0.15) is 0 Å². The summed E-state index contributed by atoms with van der Waals surface area (Å²) in [7, 11) is 1.99. The second-order valence-corrected chi connectivity index (χ2v) is 5.51. The molecule has 3 aromatic rings. The van der Waals surface area contributed by atoms with Crippen LogP contribution in [0.1, 0.15) is 28.4 Å². The first kappa shape index (κ1) is 13.8. The van der Waals surface area contributed by atoms with Crippen LogP contribution in [0, 0.1) is 13.8 Å². The van der Waals surface area contributed by atoms with Gasteiger partial charge in [0.15, 0.2) is 0 Å². The van der Waals surface area contributed by atoms with E-state index >= 15 is 0 Å². The topological polar surface area (TPSA) is 24.9 Å². The normalized spacial score (nSPS) is 12.5. The molecule has 0 aliphatic rings. The predicted molar refractivity (Wildman–Crippen MR) is 88.6 cm³/mol. The van der Waals surface area contributed by atoms with E-state index in [9.17, 15) is 0 Å². The Kier molecular flexibility index (Phi) is 3.72. The van der Waals surface area contributed by atoms with Crippen LogP contribution < -0.4 is 5.32 Å². The first-order chi connectivity index (χ1) is 10.2. The van der Waals surface area contributed by atoms with Gasteiger partial charge in [0.25, 0.3) is 0 Å². The second-order valence-electron chi connectivity index (χ2n) is 5.51. The molecule has 0 bridgehead atoms. The molecule has 0 saturated carbocycles. The molecule has 1 N–H and O–H groups in total. The summed E-state index contributed by atoms with van der Waals surface area (Å²) < 4.78 is 0. The molecule has 1 atom stereocenters. The van der Waals surface area contributed by atoms with Crippen LogP contribution in [0.5, 0.6) is 0 Å². The molecule has 0 amide bonds. The number of hydrogen-bond donors (Lipinski definition) is 1. The van der Waals surface area contributed by atoms with Crippen LogP contribution >= 0.6 is 0 Å². The van der Waals surface area contributed by atoms with E-state index < -0.39 is 0 Å². The zero-order chi connectivity index (χ0) is 14.8. The Morgan fingerprint density at radius 2 is 1.76 bits per heavy atom. The highest BCUT2D eigenvalue weighted by molar-refractivity contribution is 5.78. The Morgan fingerprint density at radius 3 is 2.52 bits per heavy atom. The van der Waals surface area contributed by atoms with Gasteiger partial charge < -0.3 is 5.32 Å². The predicted octanol–water partition coefficient (Wildman–Crippen LogP) is 4.16. The van der Waals surface area contributed by atoms with Gasteiger partial charge in [0.2, 0.25) is 0 Å². The zero-order valence-corrected chi connectivity index (χ0v) is 12.7. The maximum Gasteiger partial charge on any atom is 0.0751 e. The number of nitrogens with zero attached hydrogens (tertiary/aromatic N) is 1. The maximum atomic E-state index is 4.82. The van der Waals surface area contributed by atoms with Crippen molar-refractivity contribution in [3.63, 3.8) is 0 Å². The van der Waals surface area contributed by atoms with Crippen molar-refractivity contribution in [3.05, 3.63) is 77.0 Å². The zero-order valence-electron chi connectivity index (χ0n) is 12.7. The van der Waals surface area contributed by atoms with Crippen molar-refractivity contribution in [2.24, 2.45) is 0 Å². The van der Waals surface area contributed by atoms with Crippen molar-refractivity contribution < 1.29 is 0 Å². The Bertz CT molecular complexity index is 777. The lowest BCUT2D eigenvalue weighted by Crippen LogP contribution is -2.20. The van der Waals surface area contributed by atoms with Crippen LogP contribution in [0.2, 0.25) is 0 Å². The summed E-state index contributed by atoms with van der Waals surface area (Å²) in [5.74, 6) is 0. The van der Waals surface area contributed by atoms with E-state index in [-0.39, 0.29) is 6.04 Å². The van der Waals surface area contributed by atoms with Crippen LogP contribution in [0.3, 0.4) is 0 Å². The Morgan fingerprint density at radius 1 is 0.952 bits per heavy atom. The first-order valence-electron chi connectivity index (χ1n) is 7.29. The molecule has 2 aromatic carbocycles. The highest BCUT2D eigenvalue weighted by atomic mass is 14.9. The van der Waals surface area contributed by atoms with Crippen molar-refractivity contribution in [1.29, 1.82) is 0 Å². The molecule has 0 fully saturated rings. The molecule has 2 heteroatoms. The number of aryl methyl sites for hydroxylation is 2. The largest absolute Gasteiger partial charge is 0.308 e. The molecule has 1 aromatic heterocycles. The SMILES string of the molecule is CNC(c1ccc2ccccc2n1)c1ccc(C)cc1C. The molecule has 0 aliphatic heterocycles. The monoisotopic (exact) mass is 276 g/mol. The minimum atomic E-state index is 0.121. The summed E-state index contributed by atoms with van der Waals surface area (Å²) in [6, 6.07) is 19.2. The number of nitrogens with one attached hydrogen (secondary N) is 1. The molecular weight excluding hydrogens is 256 g/mol. The fourth-order valence-electron chi connectivity index (χ4n) is 2.85. The summed E-state index contributed by atoms with van der Waals surface area (Å²) >= 11 is 0. The van der Waals surface area contributed by atoms with Gasteiger partial charge in [0.05, 0.1) is 17.3 Å². The van der Waals surface area contributed by atoms with Crippen LogP contribution in [0.15, 0.2) is 54.6 Å². The van der Waals surface area contributed by atoms with Crippen molar-refractivity contribution in [3.8, 4) is 0 Å². The summed E-state index contributed by atoms with van der Waals surface area (Å²) in [6.45, 7) is 4.28. The van der Waals surface area contributed by atoms with Gasteiger partial charge >= 0.3 is 0 Å². The van der Waals surface area contributed by atoms with Gasteiger partial charge in [0.1, 0.15) is 0 Å². The van der Waals surface area contributed by atoms with Gasteiger partial charge in [-0.3, -0.25) is 4.98 Å². The Hall–Kier alpha value is -2.19. The van der Waals surface area contributed by atoms with E-state index in [1.54, 1.807) is 0 Å². The fraction of sp³-hybridized carbons (Fsp3) is 0.211. The fourth-order valence-corrected chi connectivity index (χ4v) is 2.85. The van der Waals surface area contributed by atoms with E-state index in [0.717, 1.165) is 11.2 Å². The summed E-state index contributed by atoms with van der Waals surface area (Å²) in [5, 5.41) is 4.57. The minimum Gasteiger partial charge on any atom is -0.308 e. The summed E-state index contributed by atoms with van der Waals surface area (Å²) in [4.78, 5) is 4.82. The summed E-state index contributed by atoms with van der Waals surface area (Å²) in [5.41, 5.74) is 5.97. The average Bonchev–Trinajstić information content (AvgIpc) is 2.50. The molecular formula is C19H20N2. The smallest absolute Gasteiger partial charge is 0.0751 e. The van der Waals surface area contributed by atoms with E-state index in [2.05, 4.69) is 61.6 Å². The number of fused-ring (bicyclic) bond motifs is 1. The lowest BCUT2D eigenvalue weighted by atomic mass is 9.96. The van der Waals surface area contributed by atoms with Gasteiger partial charge in [-0.1, -0.05) is 48.0 Å². The molecule has 0 saturated heterocycles. The van der Waals surface area contributed by atoms with Crippen LogP contribution in [-0.4, -0.2) is 12.0 Å². The maximum absolute atomic E-state index is 4.82. The highest BCUT2D eigenvalue weighted by Crippen LogP contribution is 2.25. The van der Waals surface area contributed by atoms with Gasteiger partial charge in [-0.05, 0) is 44.2 Å². The first-order valence-corrected chi connectivity index (χ1v) is 7.29. The van der Waals surface area contributed by atoms with Crippen LogP contribution in [0.25, 0.3) is 10.9 Å². The molecule has 0 spiro atoms. The molecule has 3 rings (SSSR count). The van der Waals surface area contributed by atoms with Crippen molar-refractivity contribution in [2.75, 3.05) is 7.05 Å². The van der Waals surface area contributed by atoms with Crippen molar-refractivity contribution in [1.82, 2.24) is 10.3 Å². The molecule has 1 heterocycles. The number of para-hydroxylation sites is 1. The third-order valence-electron chi connectivity index (χ3n) is 3.94. The summed E-state index contributed by atoms with van der Waals surface area (Å²) in [6.07, 6.45) is 0. The third-order valence-corrected chi connectivity index (χ3v) is 3.94. The minimum absolute atomic E-state index is 0.121. The number of aromatic nitrogens is 1. The lowest BCUT2D eigenvalue weighted by Gasteiger charge is -2.19. The Balaban J connectivity index is 2.09. The average molecular weight is 276 g/mol. The molecule has 0 radical (unpaired) electrons. The molecule has 1 unspecified atom stereocenters. The van der Waals surface area contributed by atoms with Gasteiger partial charge in [-0.25, -0.2) is 0 Å². The van der Waals surface area contributed by atoms with E-state index in [4.69, 9.17) is 4.98 Å². The van der Waals surface area contributed by atoms with Gasteiger partial charge in [-0.15, -0.1) is 0 Å². The second kappa shape index (κ2) is 5.66. The number of pyridine rings is 1. The van der Waals surface area contributed by atoms with Crippen molar-refractivity contribution >= 4 is 10.9 Å². The number of benzene rings is 2. The number of hydrogen-bond acceptors (Lipinski definition) is 2. The highest BCUT2D eigenvalue weighted by Gasteiger charge is 2.15. The molecule has 0 aliphatic carbocycles. The van der Waals surface area contributed by atoms with E-state index in [1.165, 1.54) is 22.1 Å². The third kappa shape index (κ3) is 2.67. The van der Waals surface area contributed by atoms with E-state index in [0.29, 0.717) is 0 Å². The lowest BCUT2D eigenvalue weighted by molar-refractivity contribution is 0.670. The van der Waals surface area contributed by atoms with Crippen molar-refractivity contribution in [2.45, 2.75) is 19.9 Å². The molecule has 2 nitrogen and oxygen atoms in total. The molecule has 21 heavy (non-hydrogen) atoms. The Labute approximate surface area is 125 Å². The van der Waals surface area contributed by atoms with E-state index in [1.807, 2.05) is 19.2 Å². The van der Waals surface area contributed by atoms with Crippen LogP contribution in [-0.2, 0) is 0 Å². The number of rotatable bonds is 3. The van der Waals surface area contributed by atoms with Crippen LogP contribution in [0.4, 0.5) is 0 Å².